The van der Waals surface area contributed by atoms with Crippen LogP contribution < -0.4 is 10.6 Å². The fourth-order valence-electron chi connectivity index (χ4n) is 2.26. The third-order valence-electron chi connectivity index (χ3n) is 3.12. The second-order valence-corrected chi connectivity index (χ2v) is 4.25. The standard InChI is InChI=1S/C12H16N2O/c1-2-10(14-11-4-6-15-8-11)7-12-9(1)3-5-13-12/h1-2,7,11,13-14H,3-6,8H2. The normalized spacial score (nSPS) is 23.6. The molecule has 2 heterocycles. The molecule has 80 valence electrons. The van der Waals surface area contributed by atoms with Gasteiger partial charge in [-0.05, 0) is 30.5 Å². The average Bonchev–Trinajstić information content (AvgIpc) is 2.87. The molecule has 1 saturated heterocycles. The number of fused-ring (bicyclic) bond motifs is 1. The Balaban J connectivity index is 1.75. The highest BCUT2D eigenvalue weighted by Gasteiger charge is 2.16. The lowest BCUT2D eigenvalue weighted by Gasteiger charge is -2.13. The van der Waals surface area contributed by atoms with Crippen molar-refractivity contribution in [3.63, 3.8) is 0 Å². The molecule has 1 aromatic carbocycles. The number of benzene rings is 1. The minimum absolute atomic E-state index is 0.490. The Bertz CT molecular complexity index is 359. The Morgan fingerprint density at radius 2 is 2.40 bits per heavy atom. The van der Waals surface area contributed by atoms with Crippen LogP contribution in [-0.4, -0.2) is 25.8 Å². The summed E-state index contributed by atoms with van der Waals surface area (Å²) in [5.41, 5.74) is 3.93. The maximum Gasteiger partial charge on any atom is 0.0668 e. The molecule has 1 fully saturated rings. The third kappa shape index (κ3) is 1.79. The number of nitrogens with one attached hydrogen (secondary N) is 2. The van der Waals surface area contributed by atoms with Gasteiger partial charge in [0.25, 0.3) is 0 Å². The summed E-state index contributed by atoms with van der Waals surface area (Å²) in [6.07, 6.45) is 2.27. The molecule has 2 N–H and O–H groups in total. The molecule has 3 heteroatoms. The molecule has 2 aliphatic rings. The summed E-state index contributed by atoms with van der Waals surface area (Å²) in [5.74, 6) is 0. The Labute approximate surface area is 89.8 Å². The van der Waals surface area contributed by atoms with E-state index in [1.807, 2.05) is 0 Å². The first kappa shape index (κ1) is 9.04. The highest BCUT2D eigenvalue weighted by Crippen LogP contribution is 2.26. The van der Waals surface area contributed by atoms with Crippen molar-refractivity contribution in [2.45, 2.75) is 18.9 Å². The third-order valence-corrected chi connectivity index (χ3v) is 3.12. The van der Waals surface area contributed by atoms with E-state index >= 15 is 0 Å². The molecule has 1 aromatic rings. The minimum atomic E-state index is 0.490. The van der Waals surface area contributed by atoms with Crippen molar-refractivity contribution in [2.24, 2.45) is 0 Å². The molecule has 0 bridgehead atoms. The monoisotopic (exact) mass is 204 g/mol. The van der Waals surface area contributed by atoms with Gasteiger partial charge in [0.1, 0.15) is 0 Å². The zero-order valence-electron chi connectivity index (χ0n) is 8.75. The van der Waals surface area contributed by atoms with Gasteiger partial charge in [-0.25, -0.2) is 0 Å². The summed E-state index contributed by atoms with van der Waals surface area (Å²) in [5, 5.41) is 6.90. The predicted molar refractivity (Wildman–Crippen MR) is 61.5 cm³/mol. The van der Waals surface area contributed by atoms with Gasteiger partial charge in [-0.1, -0.05) is 6.07 Å². The Hall–Kier alpha value is -1.22. The van der Waals surface area contributed by atoms with Crippen LogP contribution in [0, 0.1) is 0 Å². The first-order chi connectivity index (χ1) is 7.42. The lowest BCUT2D eigenvalue weighted by molar-refractivity contribution is 0.195. The second kappa shape index (κ2) is 3.74. The average molecular weight is 204 g/mol. The van der Waals surface area contributed by atoms with Gasteiger partial charge in [0.2, 0.25) is 0 Å². The van der Waals surface area contributed by atoms with Gasteiger partial charge in [0.05, 0.1) is 12.6 Å². The van der Waals surface area contributed by atoms with Crippen LogP contribution in [0.1, 0.15) is 12.0 Å². The van der Waals surface area contributed by atoms with Crippen LogP contribution in [0.5, 0.6) is 0 Å². The van der Waals surface area contributed by atoms with E-state index in [1.165, 1.54) is 16.9 Å². The molecular formula is C12H16N2O. The van der Waals surface area contributed by atoms with Gasteiger partial charge in [-0.3, -0.25) is 0 Å². The quantitative estimate of drug-likeness (QED) is 0.771. The Morgan fingerprint density at radius 1 is 1.40 bits per heavy atom. The smallest absolute Gasteiger partial charge is 0.0668 e. The maximum absolute atomic E-state index is 5.34. The lowest BCUT2D eigenvalue weighted by atomic mass is 10.1. The molecular weight excluding hydrogens is 188 g/mol. The van der Waals surface area contributed by atoms with E-state index in [2.05, 4.69) is 28.8 Å². The van der Waals surface area contributed by atoms with Gasteiger partial charge < -0.3 is 15.4 Å². The first-order valence-electron chi connectivity index (χ1n) is 5.63. The predicted octanol–water partition coefficient (Wildman–Crippen LogP) is 1.86. The van der Waals surface area contributed by atoms with Gasteiger partial charge in [0, 0.05) is 24.5 Å². The molecule has 1 atom stereocenters. The lowest BCUT2D eigenvalue weighted by Crippen LogP contribution is -2.18. The molecule has 3 rings (SSSR count). The number of hydrogen-bond acceptors (Lipinski definition) is 3. The molecule has 0 amide bonds. The highest BCUT2D eigenvalue weighted by molar-refractivity contribution is 5.64. The number of rotatable bonds is 2. The van der Waals surface area contributed by atoms with E-state index < -0.39 is 0 Å². The van der Waals surface area contributed by atoms with E-state index in [4.69, 9.17) is 4.74 Å². The van der Waals surface area contributed by atoms with Gasteiger partial charge in [-0.15, -0.1) is 0 Å². The summed E-state index contributed by atoms with van der Waals surface area (Å²) in [7, 11) is 0. The van der Waals surface area contributed by atoms with Crippen molar-refractivity contribution in [2.75, 3.05) is 30.4 Å². The molecule has 0 aliphatic carbocycles. The van der Waals surface area contributed by atoms with Crippen molar-refractivity contribution < 1.29 is 4.74 Å². The van der Waals surface area contributed by atoms with Crippen molar-refractivity contribution >= 4 is 11.4 Å². The van der Waals surface area contributed by atoms with Crippen LogP contribution in [0.4, 0.5) is 11.4 Å². The van der Waals surface area contributed by atoms with Crippen molar-refractivity contribution in [1.82, 2.24) is 0 Å². The van der Waals surface area contributed by atoms with Gasteiger partial charge in [-0.2, -0.15) is 0 Å². The van der Waals surface area contributed by atoms with Crippen LogP contribution in [0.3, 0.4) is 0 Å². The zero-order chi connectivity index (χ0) is 10.1. The van der Waals surface area contributed by atoms with Crippen molar-refractivity contribution in [3.8, 4) is 0 Å². The van der Waals surface area contributed by atoms with Gasteiger partial charge in [0.15, 0.2) is 0 Å². The SMILES string of the molecule is c1cc2c(cc1NC1CCOC1)NCC2. The molecule has 3 nitrogen and oxygen atoms in total. The maximum atomic E-state index is 5.34. The number of ether oxygens (including phenoxy) is 1. The Morgan fingerprint density at radius 3 is 3.27 bits per heavy atom. The summed E-state index contributed by atoms with van der Waals surface area (Å²) in [6, 6.07) is 7.09. The molecule has 0 aromatic heterocycles. The summed E-state index contributed by atoms with van der Waals surface area (Å²) in [4.78, 5) is 0. The van der Waals surface area contributed by atoms with Crippen molar-refractivity contribution in [3.05, 3.63) is 23.8 Å². The van der Waals surface area contributed by atoms with Crippen LogP contribution in [0.15, 0.2) is 18.2 Å². The highest BCUT2D eigenvalue weighted by atomic mass is 16.5. The van der Waals surface area contributed by atoms with E-state index in [0.29, 0.717) is 6.04 Å². The molecule has 2 aliphatic heterocycles. The van der Waals surface area contributed by atoms with Crippen molar-refractivity contribution in [1.29, 1.82) is 0 Å². The largest absolute Gasteiger partial charge is 0.384 e. The summed E-state index contributed by atoms with van der Waals surface area (Å²) < 4.78 is 5.34. The van der Waals surface area contributed by atoms with E-state index in [0.717, 1.165) is 32.6 Å². The number of anilines is 2. The molecule has 0 radical (unpaired) electrons. The van der Waals surface area contributed by atoms with Gasteiger partial charge >= 0.3 is 0 Å². The molecule has 0 saturated carbocycles. The summed E-state index contributed by atoms with van der Waals surface area (Å²) in [6.45, 7) is 2.80. The van der Waals surface area contributed by atoms with E-state index in [9.17, 15) is 0 Å². The van der Waals surface area contributed by atoms with E-state index in [1.54, 1.807) is 0 Å². The fourth-order valence-corrected chi connectivity index (χ4v) is 2.26. The molecule has 0 spiro atoms. The van der Waals surface area contributed by atoms with E-state index in [-0.39, 0.29) is 0 Å². The summed E-state index contributed by atoms with van der Waals surface area (Å²) >= 11 is 0. The fraction of sp³-hybridized carbons (Fsp3) is 0.500. The molecule has 1 unspecified atom stereocenters. The second-order valence-electron chi connectivity index (χ2n) is 4.25. The topological polar surface area (TPSA) is 33.3 Å². The Kier molecular flexibility index (Phi) is 2.25. The number of hydrogen-bond donors (Lipinski definition) is 2. The molecule has 15 heavy (non-hydrogen) atoms. The van der Waals surface area contributed by atoms with Crippen LogP contribution in [0.25, 0.3) is 0 Å². The van der Waals surface area contributed by atoms with Crippen LogP contribution >= 0.6 is 0 Å². The minimum Gasteiger partial charge on any atom is -0.384 e. The first-order valence-corrected chi connectivity index (χ1v) is 5.63. The van der Waals surface area contributed by atoms with Crippen LogP contribution in [0.2, 0.25) is 0 Å². The van der Waals surface area contributed by atoms with Crippen LogP contribution in [-0.2, 0) is 11.2 Å². The zero-order valence-corrected chi connectivity index (χ0v) is 8.75.